The number of nitrogens with zero attached hydrogens (tertiary/aromatic N) is 3. The van der Waals surface area contributed by atoms with Gasteiger partial charge in [0.2, 0.25) is 17.4 Å². The van der Waals surface area contributed by atoms with Crippen LogP contribution in [0.25, 0.3) is 11.4 Å². The topological polar surface area (TPSA) is 149 Å². The normalized spacial score (nSPS) is 9.98. The van der Waals surface area contributed by atoms with E-state index in [-0.39, 0.29) is 29.1 Å². The van der Waals surface area contributed by atoms with E-state index in [0.29, 0.717) is 22.5 Å². The van der Waals surface area contributed by atoms with Crippen molar-refractivity contribution in [2.24, 2.45) is 10.9 Å². The number of ketones is 2. The second-order valence-corrected chi connectivity index (χ2v) is 9.81. The van der Waals surface area contributed by atoms with E-state index in [1.807, 2.05) is 0 Å². The van der Waals surface area contributed by atoms with E-state index in [0.717, 1.165) is 23.6 Å². The molecule has 0 radical (unpaired) electrons. The van der Waals surface area contributed by atoms with Crippen LogP contribution in [0.5, 0.6) is 0 Å². The third-order valence-electron chi connectivity index (χ3n) is 5.79. The first-order valence-corrected chi connectivity index (χ1v) is 14.1. The lowest BCUT2D eigenvalue weighted by atomic mass is 10.1. The molecular formula is C36H25ClF2N4O5. The quantitative estimate of drug-likeness (QED) is 0.0340. The number of benzene rings is 4. The van der Waals surface area contributed by atoms with Gasteiger partial charge >= 0.3 is 0 Å². The van der Waals surface area contributed by atoms with E-state index in [1.165, 1.54) is 31.2 Å². The summed E-state index contributed by atoms with van der Waals surface area (Å²) in [5.41, 5.74) is 9.53. The summed E-state index contributed by atoms with van der Waals surface area (Å²) >= 11 is 4.62. The predicted molar refractivity (Wildman–Crippen MR) is 175 cm³/mol. The summed E-state index contributed by atoms with van der Waals surface area (Å²) in [5, 5.41) is 14.3. The molecule has 4 aromatic carbocycles. The number of nitrogens with two attached hydrogens (primary N) is 1. The fourth-order valence-electron chi connectivity index (χ4n) is 3.39. The fourth-order valence-corrected chi connectivity index (χ4v) is 3.39. The second kappa shape index (κ2) is 17.9. The summed E-state index contributed by atoms with van der Waals surface area (Å²) in [4.78, 5) is 34.4. The van der Waals surface area contributed by atoms with Crippen molar-refractivity contribution in [3.05, 3.63) is 142 Å². The molecule has 0 bridgehead atoms. The van der Waals surface area contributed by atoms with Crippen molar-refractivity contribution in [2.45, 2.75) is 13.8 Å². The third-order valence-corrected chi connectivity index (χ3v) is 6.05. The molecule has 0 aliphatic carbocycles. The van der Waals surface area contributed by atoms with E-state index in [2.05, 4.69) is 50.6 Å². The number of carbonyl (C=O) groups excluding carboxylic acids is 3. The Morgan fingerprint density at radius 2 is 1.23 bits per heavy atom. The zero-order valence-electron chi connectivity index (χ0n) is 25.4. The van der Waals surface area contributed by atoms with Crippen LogP contribution >= 0.6 is 11.6 Å². The zero-order chi connectivity index (χ0) is 35.1. The van der Waals surface area contributed by atoms with Crippen LogP contribution in [0.1, 0.15) is 52.3 Å². The van der Waals surface area contributed by atoms with Crippen molar-refractivity contribution in [1.29, 1.82) is 0 Å². The minimum atomic E-state index is -0.907. The summed E-state index contributed by atoms with van der Waals surface area (Å²) in [7, 11) is 0. The molecule has 0 saturated carbocycles. The van der Waals surface area contributed by atoms with Crippen LogP contribution in [0, 0.1) is 35.3 Å². The zero-order valence-corrected chi connectivity index (χ0v) is 26.1. The Bertz CT molecular complexity index is 2060. The molecule has 0 spiro atoms. The Morgan fingerprint density at radius 1 is 0.771 bits per heavy atom. The van der Waals surface area contributed by atoms with Gasteiger partial charge in [0, 0.05) is 47.2 Å². The first-order valence-electron chi connectivity index (χ1n) is 13.7. The molecular weight excluding hydrogens is 642 g/mol. The summed E-state index contributed by atoms with van der Waals surface area (Å²) in [5.74, 6) is 10.5. The van der Waals surface area contributed by atoms with Crippen LogP contribution in [0.15, 0.2) is 107 Å². The van der Waals surface area contributed by atoms with Crippen LogP contribution < -0.4 is 5.73 Å². The van der Waals surface area contributed by atoms with Crippen LogP contribution in [-0.4, -0.2) is 38.0 Å². The number of hydrogen-bond donors (Lipinski definition) is 2. The number of oxime groups is 1. The fraction of sp³-hybridized carbons (Fsp3) is 0.0556. The highest BCUT2D eigenvalue weighted by Crippen LogP contribution is 2.16. The average molecular weight is 667 g/mol. The number of amidine groups is 1. The number of aromatic nitrogens is 2. The summed E-state index contributed by atoms with van der Waals surface area (Å²) < 4.78 is 30.9. The maximum Gasteiger partial charge on any atom is 0.294 e. The highest BCUT2D eigenvalue weighted by molar-refractivity contribution is 6.80. The average Bonchev–Trinajstić information content (AvgIpc) is 3.58. The van der Waals surface area contributed by atoms with Gasteiger partial charge in [0.25, 0.3) is 11.1 Å². The van der Waals surface area contributed by atoms with Crippen molar-refractivity contribution >= 4 is 34.2 Å². The van der Waals surface area contributed by atoms with E-state index in [1.54, 1.807) is 72.8 Å². The van der Waals surface area contributed by atoms with Crippen molar-refractivity contribution in [2.75, 3.05) is 0 Å². The molecule has 0 atom stereocenters. The van der Waals surface area contributed by atoms with Gasteiger partial charge in [-0.2, -0.15) is 4.98 Å². The van der Waals surface area contributed by atoms with E-state index in [9.17, 15) is 23.2 Å². The number of halogens is 3. The Hall–Kier alpha value is -6.43. The maximum atomic E-state index is 13.1. The lowest BCUT2D eigenvalue weighted by Crippen LogP contribution is -2.12. The lowest BCUT2D eigenvalue weighted by molar-refractivity contribution is -0.130. The van der Waals surface area contributed by atoms with Gasteiger partial charge in [0.1, 0.15) is 11.6 Å². The lowest BCUT2D eigenvalue weighted by Gasteiger charge is -1.97. The van der Waals surface area contributed by atoms with Gasteiger partial charge in [-0.1, -0.05) is 46.1 Å². The summed E-state index contributed by atoms with van der Waals surface area (Å²) in [6.07, 6.45) is 0. The minimum Gasteiger partial charge on any atom is -0.409 e. The summed E-state index contributed by atoms with van der Waals surface area (Å²) in [6.45, 7) is 2.48. The molecule has 9 nitrogen and oxygen atoms in total. The predicted octanol–water partition coefficient (Wildman–Crippen LogP) is 6.14. The molecule has 1 heterocycles. The van der Waals surface area contributed by atoms with Crippen LogP contribution in [0.2, 0.25) is 0 Å². The van der Waals surface area contributed by atoms with Gasteiger partial charge in [0.15, 0.2) is 5.84 Å². The van der Waals surface area contributed by atoms with E-state index in [4.69, 9.17) is 15.5 Å². The van der Waals surface area contributed by atoms with Gasteiger partial charge in [-0.05, 0) is 96.5 Å². The first kappa shape index (κ1) is 36.0. The molecule has 0 amide bonds. The molecule has 0 aliphatic heterocycles. The van der Waals surface area contributed by atoms with E-state index < -0.39 is 11.0 Å². The van der Waals surface area contributed by atoms with Crippen molar-refractivity contribution in [3.8, 4) is 35.1 Å². The first-order chi connectivity index (χ1) is 22.9. The molecule has 12 heteroatoms. The maximum absolute atomic E-state index is 13.1. The third kappa shape index (κ3) is 11.8. The standard InChI is InChI=1S/C18H11FN2O2.C15H11FN2O.C3H3ClO2/c1-12(22)18-20-17(21-23-18)15-9-7-13(8-10-15)5-6-14-3-2-4-16(19)11-14;16-14-3-1-2-12(10-14)5-4-11-6-8-13(9-7-11)15(17)18-19;1-2(5)3(4)6/h2-4,7-11H,1H3;1-3,6-10,19H,(H2,17,18);1H3. The molecule has 0 fully saturated rings. The molecule has 3 N–H and O–H groups in total. The molecule has 0 aliphatic rings. The number of Topliss-reactive ketones (excluding diaryl/α,β-unsaturated/α-hetero) is 2. The molecule has 0 unspecified atom stereocenters. The number of rotatable bonds is 4. The highest BCUT2D eigenvalue weighted by Gasteiger charge is 2.11. The monoisotopic (exact) mass is 666 g/mol. The Balaban J connectivity index is 0.000000226. The van der Waals surface area contributed by atoms with Gasteiger partial charge in [-0.3, -0.25) is 14.4 Å². The SMILES string of the molecule is CC(=O)C(=O)Cl.CC(=O)c1nc(-c2ccc(C#Cc3cccc(F)c3)cc2)no1.N/C(=N\O)c1ccc(C#Cc2cccc(F)c2)cc1. The highest BCUT2D eigenvalue weighted by atomic mass is 35.5. The molecule has 1 aromatic heterocycles. The van der Waals surface area contributed by atoms with Crippen molar-refractivity contribution < 1.29 is 32.9 Å². The molecule has 5 rings (SSSR count). The second-order valence-electron chi connectivity index (χ2n) is 9.47. The Morgan fingerprint density at radius 3 is 1.62 bits per heavy atom. The van der Waals surface area contributed by atoms with Gasteiger partial charge in [-0.25, -0.2) is 8.78 Å². The van der Waals surface area contributed by atoms with Gasteiger partial charge < -0.3 is 15.5 Å². The molecule has 0 saturated heterocycles. The number of carbonyl (C=O) groups is 3. The van der Waals surface area contributed by atoms with Gasteiger partial charge in [-0.15, -0.1) is 0 Å². The van der Waals surface area contributed by atoms with Crippen LogP contribution in [0.4, 0.5) is 8.78 Å². The molecule has 240 valence electrons. The van der Waals surface area contributed by atoms with Crippen LogP contribution in [0.3, 0.4) is 0 Å². The van der Waals surface area contributed by atoms with Crippen molar-refractivity contribution in [3.63, 3.8) is 0 Å². The Kier molecular flexibility index (Phi) is 13.4. The van der Waals surface area contributed by atoms with Crippen molar-refractivity contribution in [1.82, 2.24) is 10.1 Å². The largest absolute Gasteiger partial charge is 0.409 e. The number of hydrogen-bond acceptors (Lipinski definition) is 8. The molecule has 48 heavy (non-hydrogen) atoms. The van der Waals surface area contributed by atoms with Crippen LogP contribution in [-0.2, 0) is 9.59 Å². The Labute approximate surface area is 279 Å². The summed E-state index contributed by atoms with van der Waals surface area (Å²) in [6, 6.07) is 26.3. The van der Waals surface area contributed by atoms with E-state index >= 15 is 0 Å². The molecule has 5 aromatic rings. The van der Waals surface area contributed by atoms with Gasteiger partial charge in [0.05, 0.1) is 0 Å². The minimum absolute atomic E-state index is 0.0185. The smallest absolute Gasteiger partial charge is 0.294 e.